The number of fused-ring (bicyclic) bond motifs is 2. The van der Waals surface area contributed by atoms with Gasteiger partial charge in [-0.2, -0.15) is 0 Å². The number of anilines is 3. The topological polar surface area (TPSA) is 101 Å². The molecule has 1 unspecified atom stereocenters. The van der Waals surface area contributed by atoms with E-state index in [2.05, 4.69) is 10.3 Å². The van der Waals surface area contributed by atoms with Gasteiger partial charge < -0.3 is 18.9 Å². The van der Waals surface area contributed by atoms with E-state index in [1.54, 1.807) is 39.7 Å². The number of hydrogen-bond acceptors (Lipinski definition) is 6. The number of aliphatic hydroxyl groups is 1. The fourth-order valence-electron chi connectivity index (χ4n) is 9.49. The van der Waals surface area contributed by atoms with Crippen molar-refractivity contribution in [2.24, 2.45) is 5.92 Å². The average Bonchev–Trinajstić information content (AvgIpc) is 3.91. The molecular weight excluding hydrogens is 745 g/mol. The molecule has 0 bridgehead atoms. The van der Waals surface area contributed by atoms with Gasteiger partial charge >= 0.3 is 0 Å². The Morgan fingerprint density at radius 2 is 1.71 bits per heavy atom. The number of aromatic nitrogens is 3. The van der Waals surface area contributed by atoms with Crippen LogP contribution in [0.2, 0.25) is 23.7 Å². The minimum absolute atomic E-state index is 0.0973. The number of aliphatic hydroxyl groups excluding tert-OH is 1. The highest BCUT2D eigenvalue weighted by Gasteiger charge is 2.66. The van der Waals surface area contributed by atoms with E-state index >= 15 is 8.90 Å². The zero-order chi connectivity index (χ0) is 38.9. The number of carbonyl (C=O) groups excluding carboxylic acids is 2. The van der Waals surface area contributed by atoms with Crippen molar-refractivity contribution in [1.29, 1.82) is 0 Å². The molecule has 2 amide bonds. The molecular formula is C44H41ClFN5O4Si. The van der Waals surface area contributed by atoms with Gasteiger partial charge in [0, 0.05) is 45.9 Å². The predicted molar refractivity (Wildman–Crippen MR) is 218 cm³/mol. The van der Waals surface area contributed by atoms with E-state index in [1.807, 2.05) is 110 Å². The first-order valence-corrected chi connectivity index (χ1v) is 22.3. The summed E-state index contributed by atoms with van der Waals surface area (Å²) in [4.78, 5) is 32.3. The SMILES string of the molecule is C[C@H]1[C@H]([Si](C)(C)F)[C@@H](CCn2cc(C(CO)c3ccccc3)nn2)O[C@]12C(=O)N(Cc1cccc(N3C(=O)c4cccc5cccc3c45)c1)c1ccc(Cl)cc12. The van der Waals surface area contributed by atoms with Gasteiger partial charge in [0.1, 0.15) is 0 Å². The minimum atomic E-state index is -3.43. The van der Waals surface area contributed by atoms with Crippen molar-refractivity contribution >= 4 is 59.7 Å². The standard InChI is InChI=1S/C44H41ClFN5O4Si/c1-27-41(56(2,3)46)39(20-21-49-25-36(47-48-49)34(26-52)29-11-5-4-6-12-29)55-44(27)35-23-31(45)18-19-37(35)50(43(44)54)24-28-10-7-15-32(22-28)51-38-17-9-14-30-13-8-16-33(40(30)38)42(51)53/h4-19,22-23,25,27,34,39,41,52H,20-21,24,26H2,1-3H3/t27-,34?,39+,41-,44+/m0/s1. The lowest BCUT2D eigenvalue weighted by Gasteiger charge is -2.31. The number of benzene rings is 5. The van der Waals surface area contributed by atoms with Gasteiger partial charge in [-0.1, -0.05) is 90.5 Å². The molecule has 1 fully saturated rings. The van der Waals surface area contributed by atoms with E-state index in [0.717, 1.165) is 27.6 Å². The molecule has 1 N–H and O–H groups in total. The third kappa shape index (κ3) is 5.79. The van der Waals surface area contributed by atoms with Crippen molar-refractivity contribution in [2.75, 3.05) is 16.4 Å². The Morgan fingerprint density at radius 1 is 0.946 bits per heavy atom. The van der Waals surface area contributed by atoms with Crippen LogP contribution in [0.3, 0.4) is 0 Å². The van der Waals surface area contributed by atoms with Crippen LogP contribution >= 0.6 is 11.6 Å². The van der Waals surface area contributed by atoms with E-state index in [4.69, 9.17) is 16.3 Å². The van der Waals surface area contributed by atoms with Crippen LogP contribution in [0.4, 0.5) is 21.2 Å². The number of aryl methyl sites for hydroxylation is 1. The molecule has 12 heteroatoms. The van der Waals surface area contributed by atoms with Crippen LogP contribution in [0.15, 0.2) is 115 Å². The fraction of sp³-hybridized carbons (Fsp3) is 0.273. The van der Waals surface area contributed by atoms with Crippen molar-refractivity contribution in [2.45, 2.75) is 62.7 Å². The predicted octanol–water partition coefficient (Wildman–Crippen LogP) is 8.91. The molecule has 5 aromatic carbocycles. The second kappa shape index (κ2) is 13.8. The van der Waals surface area contributed by atoms with Crippen molar-refractivity contribution in [3.63, 3.8) is 0 Å². The summed E-state index contributed by atoms with van der Waals surface area (Å²) in [6.45, 7) is 5.77. The maximum absolute atomic E-state index is 16.5. The zero-order valence-electron chi connectivity index (χ0n) is 31.3. The van der Waals surface area contributed by atoms with Crippen molar-refractivity contribution in [1.82, 2.24) is 15.0 Å². The number of nitrogens with zero attached hydrogens (tertiary/aromatic N) is 5. The lowest BCUT2D eigenvalue weighted by atomic mass is 9.82. The zero-order valence-corrected chi connectivity index (χ0v) is 33.0. The van der Waals surface area contributed by atoms with Crippen LogP contribution in [-0.2, 0) is 28.2 Å². The van der Waals surface area contributed by atoms with Crippen LogP contribution < -0.4 is 9.80 Å². The number of rotatable bonds is 10. The number of halogens is 2. The van der Waals surface area contributed by atoms with Gasteiger partial charge in [0.05, 0.1) is 47.8 Å². The lowest BCUT2D eigenvalue weighted by Crippen LogP contribution is -2.45. The number of amides is 2. The molecule has 9 nitrogen and oxygen atoms in total. The summed E-state index contributed by atoms with van der Waals surface area (Å²) in [6, 6.07) is 34.4. The monoisotopic (exact) mass is 785 g/mol. The summed E-state index contributed by atoms with van der Waals surface area (Å²) in [5.74, 6) is -1.18. The molecule has 5 atom stereocenters. The number of ether oxygens (including phenoxy) is 1. The molecule has 56 heavy (non-hydrogen) atoms. The van der Waals surface area contributed by atoms with Gasteiger partial charge in [0.15, 0.2) is 5.60 Å². The molecule has 9 rings (SSSR count). The molecule has 4 heterocycles. The first-order valence-electron chi connectivity index (χ1n) is 19.0. The van der Waals surface area contributed by atoms with Gasteiger partial charge in [-0.25, -0.2) is 0 Å². The molecule has 0 saturated carbocycles. The molecule has 3 aliphatic rings. The highest BCUT2D eigenvalue weighted by molar-refractivity contribution is 6.72. The van der Waals surface area contributed by atoms with Gasteiger partial charge in [0.2, 0.25) is 8.41 Å². The van der Waals surface area contributed by atoms with Gasteiger partial charge in [-0.3, -0.25) is 19.2 Å². The Balaban J connectivity index is 1.01. The maximum Gasteiger partial charge on any atom is 0.264 e. The Kier molecular flexibility index (Phi) is 8.96. The van der Waals surface area contributed by atoms with E-state index in [9.17, 15) is 9.90 Å². The first-order chi connectivity index (χ1) is 27.0. The van der Waals surface area contributed by atoms with E-state index in [1.165, 1.54) is 0 Å². The highest BCUT2D eigenvalue weighted by Crippen LogP contribution is 2.60. The molecule has 0 radical (unpaired) electrons. The summed E-state index contributed by atoms with van der Waals surface area (Å²) >= 11 is 6.63. The molecule has 0 aliphatic carbocycles. The molecule has 1 aromatic heterocycles. The summed E-state index contributed by atoms with van der Waals surface area (Å²) in [6.07, 6.45) is 1.63. The molecule has 1 spiro atoms. The third-order valence-electron chi connectivity index (χ3n) is 11.9. The summed E-state index contributed by atoms with van der Waals surface area (Å²) in [5, 5.41) is 21.3. The van der Waals surface area contributed by atoms with E-state index in [0.29, 0.717) is 46.2 Å². The van der Waals surface area contributed by atoms with Crippen LogP contribution in [-0.4, -0.2) is 53.0 Å². The lowest BCUT2D eigenvalue weighted by molar-refractivity contribution is -0.146. The fourth-order valence-corrected chi connectivity index (χ4v) is 12.2. The summed E-state index contributed by atoms with van der Waals surface area (Å²) in [5.41, 5.74) is 3.93. The minimum Gasteiger partial charge on any atom is -0.395 e. The van der Waals surface area contributed by atoms with Crippen molar-refractivity contribution in [3.05, 3.63) is 148 Å². The molecule has 3 aliphatic heterocycles. The Bertz CT molecular complexity index is 2500. The first kappa shape index (κ1) is 36.4. The van der Waals surface area contributed by atoms with Crippen LogP contribution in [0.5, 0.6) is 0 Å². The Hall–Kier alpha value is -5.20. The normalized spacial score (nSPS) is 22.1. The van der Waals surface area contributed by atoms with Crippen molar-refractivity contribution < 1.29 is 23.5 Å². The molecule has 284 valence electrons. The Morgan fingerprint density at radius 3 is 2.48 bits per heavy atom. The van der Waals surface area contributed by atoms with Gasteiger partial charge in [-0.05, 0) is 78.5 Å². The average molecular weight is 786 g/mol. The largest absolute Gasteiger partial charge is 0.395 e. The van der Waals surface area contributed by atoms with Gasteiger partial charge in [-0.15, -0.1) is 5.10 Å². The third-order valence-corrected chi connectivity index (χ3v) is 14.6. The van der Waals surface area contributed by atoms with Crippen molar-refractivity contribution in [3.8, 4) is 0 Å². The van der Waals surface area contributed by atoms with Gasteiger partial charge in [0.25, 0.3) is 11.8 Å². The second-order valence-corrected chi connectivity index (χ2v) is 19.9. The summed E-state index contributed by atoms with van der Waals surface area (Å²) in [7, 11) is -3.43. The summed E-state index contributed by atoms with van der Waals surface area (Å²) < 4.78 is 25.2. The van der Waals surface area contributed by atoms with Crippen LogP contribution in [0.25, 0.3) is 10.8 Å². The van der Waals surface area contributed by atoms with Crippen LogP contribution in [0.1, 0.15) is 52.0 Å². The molecule has 1 saturated heterocycles. The Labute approximate surface area is 330 Å². The van der Waals surface area contributed by atoms with E-state index < -0.39 is 31.6 Å². The van der Waals surface area contributed by atoms with Crippen LogP contribution in [0, 0.1) is 5.92 Å². The van der Waals surface area contributed by atoms with E-state index in [-0.39, 0.29) is 30.9 Å². The molecule has 6 aromatic rings. The second-order valence-electron chi connectivity index (χ2n) is 15.7. The quantitative estimate of drug-likeness (QED) is 0.110. The smallest absolute Gasteiger partial charge is 0.264 e. The highest BCUT2D eigenvalue weighted by atomic mass is 35.5. The maximum atomic E-state index is 16.5. The number of carbonyl (C=O) groups is 2. The number of hydrogen-bond donors (Lipinski definition) is 1.